The molecule has 27 heavy (non-hydrogen) atoms. The Hall–Kier alpha value is -2.53. The molecule has 0 bridgehead atoms. The number of aromatic nitrogens is 2. The minimum absolute atomic E-state index is 0.0349. The number of ketones is 1. The van der Waals surface area contributed by atoms with Crippen molar-refractivity contribution in [3.8, 4) is 0 Å². The SMILES string of the molecule is CCCCOC(=O)c1cccc2nc3cc(C(=O)CCCCl)ccc3nc12. The van der Waals surface area contributed by atoms with E-state index in [0.717, 1.165) is 12.8 Å². The summed E-state index contributed by atoms with van der Waals surface area (Å²) < 4.78 is 5.31. The maximum absolute atomic E-state index is 12.4. The van der Waals surface area contributed by atoms with Crippen molar-refractivity contribution in [1.29, 1.82) is 0 Å². The Kier molecular flexibility index (Phi) is 6.35. The number of rotatable bonds is 8. The van der Waals surface area contributed by atoms with Crippen LogP contribution in [0.5, 0.6) is 0 Å². The number of fused-ring (bicyclic) bond motifs is 2. The normalized spacial score (nSPS) is 11.0. The summed E-state index contributed by atoms with van der Waals surface area (Å²) in [6.45, 7) is 2.43. The monoisotopic (exact) mass is 384 g/mol. The first-order valence-electron chi connectivity index (χ1n) is 9.11. The highest BCUT2D eigenvalue weighted by Gasteiger charge is 2.15. The second-order valence-corrected chi connectivity index (χ2v) is 6.68. The Morgan fingerprint density at radius 1 is 1.04 bits per heavy atom. The van der Waals surface area contributed by atoms with E-state index in [0.29, 0.717) is 58.5 Å². The lowest BCUT2D eigenvalue weighted by molar-refractivity contribution is 0.0501. The lowest BCUT2D eigenvalue weighted by Gasteiger charge is -2.08. The summed E-state index contributed by atoms with van der Waals surface area (Å²) in [6.07, 6.45) is 2.83. The van der Waals surface area contributed by atoms with Gasteiger partial charge in [-0.05, 0) is 43.2 Å². The number of halogens is 1. The number of Topliss-reactive ketones (excluding diaryl/α,β-unsaturated/α-hetero) is 1. The summed E-state index contributed by atoms with van der Waals surface area (Å²) in [5.41, 5.74) is 3.35. The van der Waals surface area contributed by atoms with Gasteiger partial charge in [-0.25, -0.2) is 14.8 Å². The Balaban J connectivity index is 1.97. The molecule has 2 aromatic carbocycles. The Bertz CT molecular complexity index is 988. The molecule has 0 aliphatic rings. The van der Waals surface area contributed by atoms with Crippen LogP contribution >= 0.6 is 11.6 Å². The fraction of sp³-hybridized carbons (Fsp3) is 0.333. The second-order valence-electron chi connectivity index (χ2n) is 6.31. The van der Waals surface area contributed by atoms with Crippen LogP contribution in [0.25, 0.3) is 22.1 Å². The molecule has 0 spiro atoms. The number of hydrogen-bond acceptors (Lipinski definition) is 5. The van der Waals surface area contributed by atoms with Gasteiger partial charge in [-0.3, -0.25) is 4.79 Å². The molecular weight excluding hydrogens is 364 g/mol. The fourth-order valence-corrected chi connectivity index (χ4v) is 2.93. The summed E-state index contributed by atoms with van der Waals surface area (Å²) in [7, 11) is 0. The van der Waals surface area contributed by atoms with E-state index in [9.17, 15) is 9.59 Å². The Labute approximate surface area is 162 Å². The number of ether oxygens (including phenoxy) is 1. The molecule has 0 atom stereocenters. The molecule has 0 saturated carbocycles. The van der Waals surface area contributed by atoms with E-state index >= 15 is 0 Å². The molecule has 0 aliphatic carbocycles. The van der Waals surface area contributed by atoms with Gasteiger partial charge < -0.3 is 4.74 Å². The molecule has 0 amide bonds. The van der Waals surface area contributed by atoms with E-state index in [4.69, 9.17) is 16.3 Å². The van der Waals surface area contributed by atoms with E-state index in [1.807, 2.05) is 6.92 Å². The quantitative estimate of drug-likeness (QED) is 0.181. The van der Waals surface area contributed by atoms with Gasteiger partial charge in [0.1, 0.15) is 5.52 Å². The average Bonchev–Trinajstić information content (AvgIpc) is 2.69. The first-order valence-corrected chi connectivity index (χ1v) is 9.64. The van der Waals surface area contributed by atoms with Crippen LogP contribution in [-0.2, 0) is 4.74 Å². The van der Waals surface area contributed by atoms with Crippen LogP contribution in [0, 0.1) is 0 Å². The van der Waals surface area contributed by atoms with E-state index in [2.05, 4.69) is 9.97 Å². The molecule has 1 heterocycles. The number of unbranched alkanes of at least 4 members (excludes halogenated alkanes) is 1. The van der Waals surface area contributed by atoms with E-state index < -0.39 is 5.97 Å². The van der Waals surface area contributed by atoms with E-state index in [1.165, 1.54) is 0 Å². The highest BCUT2D eigenvalue weighted by Crippen LogP contribution is 2.22. The molecule has 0 fully saturated rings. The fourth-order valence-electron chi connectivity index (χ4n) is 2.79. The van der Waals surface area contributed by atoms with Crippen molar-refractivity contribution in [1.82, 2.24) is 9.97 Å². The van der Waals surface area contributed by atoms with Crippen LogP contribution in [0.15, 0.2) is 36.4 Å². The van der Waals surface area contributed by atoms with Crippen LogP contribution in [-0.4, -0.2) is 34.2 Å². The first-order chi connectivity index (χ1) is 13.1. The summed E-state index contributed by atoms with van der Waals surface area (Å²) in [5.74, 6) is 0.101. The largest absolute Gasteiger partial charge is 0.462 e. The van der Waals surface area contributed by atoms with Crippen LogP contribution in [0.3, 0.4) is 0 Å². The lowest BCUT2D eigenvalue weighted by atomic mass is 10.1. The predicted octanol–water partition coefficient (Wildman–Crippen LogP) is 4.94. The zero-order chi connectivity index (χ0) is 19.2. The molecule has 1 aromatic heterocycles. The van der Waals surface area contributed by atoms with Crippen LogP contribution in [0.2, 0.25) is 0 Å². The Morgan fingerprint density at radius 3 is 2.67 bits per heavy atom. The third-order valence-corrected chi connectivity index (χ3v) is 4.54. The third-order valence-electron chi connectivity index (χ3n) is 4.27. The minimum Gasteiger partial charge on any atom is -0.462 e. The van der Waals surface area contributed by atoms with Crippen molar-refractivity contribution in [3.63, 3.8) is 0 Å². The van der Waals surface area contributed by atoms with Gasteiger partial charge in [-0.15, -0.1) is 11.6 Å². The minimum atomic E-state index is -0.393. The standard InChI is InChI=1S/C21H21ClN2O3/c1-2-3-12-27-21(26)15-6-4-7-17-20(15)24-16-10-9-14(13-18(16)23-17)19(25)8-5-11-22/h4,6-7,9-10,13H,2-3,5,8,11-12H2,1H3. The molecule has 6 heteroatoms. The number of para-hydroxylation sites is 1. The van der Waals surface area contributed by atoms with Gasteiger partial charge in [0.15, 0.2) is 5.78 Å². The van der Waals surface area contributed by atoms with Crippen molar-refractivity contribution in [2.45, 2.75) is 32.6 Å². The second kappa shape index (κ2) is 8.91. The number of esters is 1. The van der Waals surface area contributed by atoms with Gasteiger partial charge in [0.05, 0.1) is 28.7 Å². The molecular formula is C21H21ClN2O3. The first kappa shape index (κ1) is 19.2. The summed E-state index contributed by atoms with van der Waals surface area (Å²) in [6, 6.07) is 10.5. The topological polar surface area (TPSA) is 69.2 Å². The number of hydrogen-bond donors (Lipinski definition) is 0. The zero-order valence-corrected chi connectivity index (χ0v) is 16.0. The number of carbonyl (C=O) groups is 2. The van der Waals surface area contributed by atoms with Crippen molar-refractivity contribution in [3.05, 3.63) is 47.5 Å². The molecule has 3 aromatic rings. The molecule has 0 radical (unpaired) electrons. The zero-order valence-electron chi connectivity index (χ0n) is 15.2. The molecule has 5 nitrogen and oxygen atoms in total. The maximum Gasteiger partial charge on any atom is 0.340 e. The number of nitrogens with zero attached hydrogens (tertiary/aromatic N) is 2. The van der Waals surface area contributed by atoms with Gasteiger partial charge in [0.25, 0.3) is 0 Å². The van der Waals surface area contributed by atoms with E-state index in [1.54, 1.807) is 36.4 Å². The van der Waals surface area contributed by atoms with Gasteiger partial charge in [-0.1, -0.05) is 19.4 Å². The number of benzene rings is 2. The average molecular weight is 385 g/mol. The van der Waals surface area contributed by atoms with Crippen molar-refractivity contribution in [2.75, 3.05) is 12.5 Å². The van der Waals surface area contributed by atoms with Gasteiger partial charge in [-0.2, -0.15) is 0 Å². The van der Waals surface area contributed by atoms with Gasteiger partial charge in [0, 0.05) is 17.9 Å². The molecule has 0 N–H and O–H groups in total. The van der Waals surface area contributed by atoms with Crippen LogP contribution in [0.1, 0.15) is 53.3 Å². The maximum atomic E-state index is 12.4. The smallest absolute Gasteiger partial charge is 0.340 e. The summed E-state index contributed by atoms with van der Waals surface area (Å²) in [4.78, 5) is 33.8. The molecule has 3 rings (SSSR count). The van der Waals surface area contributed by atoms with Gasteiger partial charge >= 0.3 is 5.97 Å². The molecule has 0 unspecified atom stereocenters. The molecule has 140 valence electrons. The summed E-state index contributed by atoms with van der Waals surface area (Å²) in [5, 5.41) is 0. The molecule has 0 saturated heterocycles. The molecule has 0 aliphatic heterocycles. The highest BCUT2D eigenvalue weighted by atomic mass is 35.5. The lowest BCUT2D eigenvalue weighted by Crippen LogP contribution is -2.08. The van der Waals surface area contributed by atoms with Crippen molar-refractivity contribution >= 4 is 45.4 Å². The number of carbonyl (C=O) groups excluding carboxylic acids is 2. The highest BCUT2D eigenvalue weighted by molar-refractivity contribution is 6.18. The van der Waals surface area contributed by atoms with Crippen molar-refractivity contribution < 1.29 is 14.3 Å². The third kappa shape index (κ3) is 4.42. The Morgan fingerprint density at radius 2 is 1.89 bits per heavy atom. The predicted molar refractivity (Wildman–Crippen MR) is 107 cm³/mol. The number of alkyl halides is 1. The van der Waals surface area contributed by atoms with Gasteiger partial charge in [0.2, 0.25) is 0 Å². The van der Waals surface area contributed by atoms with Crippen LogP contribution < -0.4 is 0 Å². The van der Waals surface area contributed by atoms with Crippen LogP contribution in [0.4, 0.5) is 0 Å². The summed E-state index contributed by atoms with van der Waals surface area (Å²) >= 11 is 5.66. The van der Waals surface area contributed by atoms with Crippen molar-refractivity contribution in [2.24, 2.45) is 0 Å². The van der Waals surface area contributed by atoms with E-state index in [-0.39, 0.29) is 5.78 Å².